The third-order valence-corrected chi connectivity index (χ3v) is 6.10. The number of carbonyl (C=O) groups excluding carboxylic acids is 1. The smallest absolute Gasteiger partial charge is 0.227 e. The molecule has 1 N–H and O–H groups in total. The van der Waals surface area contributed by atoms with Crippen LogP contribution in [0.25, 0.3) is 0 Å². The van der Waals surface area contributed by atoms with Gasteiger partial charge in [-0.2, -0.15) is 0 Å². The van der Waals surface area contributed by atoms with Crippen molar-refractivity contribution >= 4 is 11.6 Å². The van der Waals surface area contributed by atoms with Gasteiger partial charge in [0.1, 0.15) is 5.75 Å². The van der Waals surface area contributed by atoms with Crippen molar-refractivity contribution < 1.29 is 14.3 Å². The number of hydrogen-bond donors (Lipinski definition) is 1. The lowest BCUT2D eigenvalue weighted by molar-refractivity contribution is -0.121. The summed E-state index contributed by atoms with van der Waals surface area (Å²) in [7, 11) is 1.62. The van der Waals surface area contributed by atoms with Crippen molar-refractivity contribution in [2.75, 3.05) is 38.7 Å². The Labute approximate surface area is 163 Å². The highest BCUT2D eigenvalue weighted by atomic mass is 16.5. The van der Waals surface area contributed by atoms with Crippen LogP contribution in [0.15, 0.2) is 24.3 Å². The Hall–Kier alpha value is -1.59. The van der Waals surface area contributed by atoms with Crippen molar-refractivity contribution in [2.24, 2.45) is 11.8 Å². The molecule has 2 aliphatic rings. The summed E-state index contributed by atoms with van der Waals surface area (Å²) in [5.41, 5.74) is 0.752. The molecule has 0 aromatic heterocycles. The van der Waals surface area contributed by atoms with Crippen LogP contribution in [-0.4, -0.2) is 50.3 Å². The van der Waals surface area contributed by atoms with Crippen LogP contribution in [-0.2, 0) is 9.53 Å². The van der Waals surface area contributed by atoms with E-state index in [-0.39, 0.29) is 11.8 Å². The topological polar surface area (TPSA) is 50.8 Å². The quantitative estimate of drug-likeness (QED) is 0.785. The molecular weight excluding hydrogens is 340 g/mol. The number of nitrogens with zero attached hydrogens (tertiary/aromatic N) is 1. The number of benzene rings is 1. The van der Waals surface area contributed by atoms with Crippen molar-refractivity contribution in [3.05, 3.63) is 24.3 Å². The van der Waals surface area contributed by atoms with Crippen molar-refractivity contribution in [3.8, 4) is 5.75 Å². The summed E-state index contributed by atoms with van der Waals surface area (Å²) in [5.74, 6) is 1.58. The van der Waals surface area contributed by atoms with Crippen molar-refractivity contribution in [1.29, 1.82) is 0 Å². The van der Waals surface area contributed by atoms with Gasteiger partial charge >= 0.3 is 0 Å². The van der Waals surface area contributed by atoms with Gasteiger partial charge in [0.25, 0.3) is 0 Å². The monoisotopic (exact) mass is 374 g/mol. The Morgan fingerprint density at radius 2 is 1.89 bits per heavy atom. The largest absolute Gasteiger partial charge is 0.495 e. The number of rotatable bonds is 7. The molecule has 1 saturated carbocycles. The maximum atomic E-state index is 12.6. The van der Waals surface area contributed by atoms with Crippen molar-refractivity contribution in [1.82, 2.24) is 4.90 Å². The zero-order valence-corrected chi connectivity index (χ0v) is 16.8. The molecule has 1 aliphatic carbocycles. The normalized spacial score (nSPS) is 24.5. The number of para-hydroxylation sites is 2. The van der Waals surface area contributed by atoms with Crippen LogP contribution < -0.4 is 10.1 Å². The van der Waals surface area contributed by atoms with E-state index in [4.69, 9.17) is 9.47 Å². The maximum absolute atomic E-state index is 12.6. The van der Waals surface area contributed by atoms with Gasteiger partial charge in [0, 0.05) is 12.5 Å². The lowest BCUT2D eigenvalue weighted by Crippen LogP contribution is -2.40. The van der Waals surface area contributed by atoms with Gasteiger partial charge in [0.15, 0.2) is 0 Å². The van der Waals surface area contributed by atoms with E-state index in [1.807, 2.05) is 24.3 Å². The second-order valence-corrected chi connectivity index (χ2v) is 7.98. The third-order valence-electron chi connectivity index (χ3n) is 6.10. The molecule has 0 radical (unpaired) electrons. The molecule has 3 rings (SSSR count). The van der Waals surface area contributed by atoms with Crippen LogP contribution in [0, 0.1) is 11.8 Å². The van der Waals surface area contributed by atoms with Crippen LogP contribution in [0.2, 0.25) is 0 Å². The molecule has 0 bridgehead atoms. The second kappa shape index (κ2) is 10.1. The first-order valence-electron chi connectivity index (χ1n) is 10.4. The summed E-state index contributed by atoms with van der Waals surface area (Å²) in [6, 6.07) is 7.57. The number of ether oxygens (including phenoxy) is 2. The fourth-order valence-corrected chi connectivity index (χ4v) is 4.26. The lowest BCUT2D eigenvalue weighted by Gasteiger charge is -2.33. The molecule has 1 aromatic rings. The highest BCUT2D eigenvalue weighted by Crippen LogP contribution is 2.27. The number of anilines is 1. The number of methoxy groups -OCH3 is 1. The molecule has 5 heteroatoms. The number of likely N-dealkylation sites (tertiary alicyclic amines) is 1. The molecule has 1 saturated heterocycles. The predicted molar refractivity (Wildman–Crippen MR) is 108 cm³/mol. The Kier molecular flexibility index (Phi) is 7.53. The van der Waals surface area contributed by atoms with E-state index in [1.54, 1.807) is 7.11 Å². The van der Waals surface area contributed by atoms with E-state index in [9.17, 15) is 4.79 Å². The zero-order chi connectivity index (χ0) is 19.1. The van der Waals surface area contributed by atoms with Crippen molar-refractivity contribution in [2.45, 2.75) is 51.6 Å². The Morgan fingerprint density at radius 1 is 1.15 bits per heavy atom. The molecule has 2 fully saturated rings. The Balaban J connectivity index is 1.37. The minimum atomic E-state index is 0.0745. The van der Waals surface area contributed by atoms with Crippen LogP contribution >= 0.6 is 0 Å². The summed E-state index contributed by atoms with van der Waals surface area (Å²) >= 11 is 0. The number of hydrogen-bond acceptors (Lipinski definition) is 4. The van der Waals surface area contributed by atoms with Gasteiger partial charge in [-0.05, 0) is 56.8 Å². The molecule has 1 aromatic carbocycles. The van der Waals surface area contributed by atoms with E-state index in [1.165, 1.54) is 25.7 Å². The molecule has 150 valence electrons. The summed E-state index contributed by atoms with van der Waals surface area (Å²) in [5, 5.41) is 3.03. The molecule has 0 spiro atoms. The molecule has 2 unspecified atom stereocenters. The molecule has 1 heterocycles. The molecular formula is C22H34N2O3. The van der Waals surface area contributed by atoms with E-state index in [0.29, 0.717) is 17.8 Å². The Morgan fingerprint density at radius 3 is 2.63 bits per heavy atom. The molecule has 27 heavy (non-hydrogen) atoms. The summed E-state index contributed by atoms with van der Waals surface area (Å²) in [6.45, 7) is 6.04. The minimum Gasteiger partial charge on any atom is -0.495 e. The average molecular weight is 375 g/mol. The summed E-state index contributed by atoms with van der Waals surface area (Å²) < 4.78 is 11.5. The van der Waals surface area contributed by atoms with Gasteiger partial charge in [-0.25, -0.2) is 0 Å². The zero-order valence-electron chi connectivity index (χ0n) is 16.8. The minimum absolute atomic E-state index is 0.0745. The molecule has 2 atom stereocenters. The van der Waals surface area contributed by atoms with E-state index in [2.05, 4.69) is 17.1 Å². The average Bonchev–Trinajstić information content (AvgIpc) is 2.70. The lowest BCUT2D eigenvalue weighted by atomic mass is 9.88. The van der Waals surface area contributed by atoms with Gasteiger partial charge in [0.05, 0.1) is 25.5 Å². The maximum Gasteiger partial charge on any atom is 0.227 e. The van der Waals surface area contributed by atoms with Crippen LogP contribution in [0.4, 0.5) is 5.69 Å². The number of amides is 1. The van der Waals surface area contributed by atoms with Crippen molar-refractivity contribution in [3.63, 3.8) is 0 Å². The fourth-order valence-electron chi connectivity index (χ4n) is 4.26. The fraction of sp³-hybridized carbons (Fsp3) is 0.682. The van der Waals surface area contributed by atoms with E-state index < -0.39 is 0 Å². The van der Waals surface area contributed by atoms with E-state index in [0.717, 1.165) is 44.8 Å². The second-order valence-electron chi connectivity index (χ2n) is 7.98. The highest BCUT2D eigenvalue weighted by molar-refractivity contribution is 5.94. The van der Waals surface area contributed by atoms with Gasteiger partial charge in [-0.3, -0.25) is 4.79 Å². The first kappa shape index (κ1) is 20.2. The van der Waals surface area contributed by atoms with Crippen LogP contribution in [0.3, 0.4) is 0 Å². The van der Waals surface area contributed by atoms with E-state index >= 15 is 0 Å². The van der Waals surface area contributed by atoms with Gasteiger partial charge in [-0.15, -0.1) is 0 Å². The standard InChI is InChI=1S/C22H34N2O3/c1-17-7-3-5-9-20(17)27-16-15-24-13-11-18(12-14-24)22(25)23-19-8-4-6-10-21(19)26-2/h4,6,8,10,17-18,20H,3,5,7,9,11-16H2,1-2H3,(H,23,25). The highest BCUT2D eigenvalue weighted by Gasteiger charge is 2.26. The third kappa shape index (κ3) is 5.69. The first-order chi connectivity index (χ1) is 13.2. The number of nitrogens with one attached hydrogen (secondary N) is 1. The van der Waals surface area contributed by atoms with Gasteiger partial charge < -0.3 is 19.7 Å². The Bertz CT molecular complexity index is 599. The van der Waals surface area contributed by atoms with Crippen LogP contribution in [0.1, 0.15) is 45.4 Å². The summed E-state index contributed by atoms with van der Waals surface area (Å²) in [6.07, 6.45) is 7.43. The van der Waals surface area contributed by atoms with Gasteiger partial charge in [0.2, 0.25) is 5.91 Å². The summed E-state index contributed by atoms with van der Waals surface area (Å²) in [4.78, 5) is 15.0. The molecule has 1 aliphatic heterocycles. The molecule has 5 nitrogen and oxygen atoms in total. The first-order valence-corrected chi connectivity index (χ1v) is 10.4. The number of piperidine rings is 1. The SMILES string of the molecule is COc1ccccc1NC(=O)C1CCN(CCOC2CCCCC2C)CC1. The predicted octanol–water partition coefficient (Wildman–Crippen LogP) is 3.94. The number of carbonyl (C=O) groups is 1. The van der Waals surface area contributed by atoms with Gasteiger partial charge in [-0.1, -0.05) is 31.9 Å². The molecule has 1 amide bonds. The van der Waals surface area contributed by atoms with Crippen LogP contribution in [0.5, 0.6) is 5.75 Å².